The molecule has 2 N–H and O–H groups in total. The van der Waals surface area contributed by atoms with Gasteiger partial charge in [0.05, 0.1) is 0 Å². The van der Waals surface area contributed by atoms with E-state index in [0.717, 1.165) is 39.0 Å². The molecule has 0 unspecified atom stereocenters. The Kier molecular flexibility index (Phi) is 10.9. The smallest absolute Gasteiger partial charge is 0.0466 e. The van der Waals surface area contributed by atoms with E-state index < -0.39 is 0 Å². The van der Waals surface area contributed by atoms with Gasteiger partial charge in [0.15, 0.2) is 0 Å². The SMILES string of the molecule is CC(C)NCCCCOCCCCO. The highest BCUT2D eigenvalue weighted by Crippen LogP contribution is 1.93. The molecule has 86 valence electrons. The summed E-state index contributed by atoms with van der Waals surface area (Å²) in [6.07, 6.45) is 4.13. The van der Waals surface area contributed by atoms with Gasteiger partial charge < -0.3 is 15.2 Å². The Morgan fingerprint density at radius 2 is 1.71 bits per heavy atom. The molecule has 0 fully saturated rings. The fourth-order valence-electron chi connectivity index (χ4n) is 1.14. The molecule has 0 saturated carbocycles. The summed E-state index contributed by atoms with van der Waals surface area (Å²) in [5.41, 5.74) is 0. The third-order valence-electron chi connectivity index (χ3n) is 1.96. The van der Waals surface area contributed by atoms with Crippen LogP contribution in [0.3, 0.4) is 0 Å². The second kappa shape index (κ2) is 11.0. The molecule has 0 aliphatic rings. The van der Waals surface area contributed by atoms with E-state index >= 15 is 0 Å². The number of aliphatic hydroxyl groups is 1. The van der Waals surface area contributed by atoms with Crippen LogP contribution in [-0.4, -0.2) is 37.5 Å². The molecule has 3 heteroatoms. The highest BCUT2D eigenvalue weighted by molar-refractivity contribution is 4.52. The Bertz CT molecular complexity index is 107. The van der Waals surface area contributed by atoms with Crippen molar-refractivity contribution < 1.29 is 9.84 Å². The molecule has 0 saturated heterocycles. The van der Waals surface area contributed by atoms with Crippen molar-refractivity contribution in [2.45, 2.75) is 45.6 Å². The standard InChI is InChI=1S/C11H25NO2/c1-11(2)12-7-3-5-9-14-10-6-4-8-13/h11-13H,3-10H2,1-2H3. The number of unbranched alkanes of at least 4 members (excludes halogenated alkanes) is 2. The van der Waals surface area contributed by atoms with Crippen molar-refractivity contribution >= 4 is 0 Å². The molecule has 0 atom stereocenters. The number of rotatable bonds is 10. The second-order valence-corrected chi connectivity index (χ2v) is 3.86. The van der Waals surface area contributed by atoms with Gasteiger partial charge in [0.2, 0.25) is 0 Å². The van der Waals surface area contributed by atoms with Crippen molar-refractivity contribution in [3.63, 3.8) is 0 Å². The fourth-order valence-corrected chi connectivity index (χ4v) is 1.14. The van der Waals surface area contributed by atoms with Crippen LogP contribution >= 0.6 is 0 Å². The summed E-state index contributed by atoms with van der Waals surface area (Å²) in [6.45, 7) is 7.32. The molecule has 0 bridgehead atoms. The highest BCUT2D eigenvalue weighted by Gasteiger charge is 1.92. The first-order valence-corrected chi connectivity index (χ1v) is 5.69. The molecule has 0 aromatic heterocycles. The molecule has 0 heterocycles. The molecule has 0 amide bonds. The summed E-state index contributed by atoms with van der Waals surface area (Å²) in [5, 5.41) is 11.9. The van der Waals surface area contributed by atoms with Gasteiger partial charge in [-0.1, -0.05) is 13.8 Å². The lowest BCUT2D eigenvalue weighted by Crippen LogP contribution is -2.23. The Labute approximate surface area is 87.8 Å². The van der Waals surface area contributed by atoms with E-state index in [4.69, 9.17) is 9.84 Å². The molecule has 0 radical (unpaired) electrons. The molecule has 0 rings (SSSR count). The molecular formula is C11H25NO2. The summed E-state index contributed by atoms with van der Waals surface area (Å²) in [6, 6.07) is 0.584. The van der Waals surface area contributed by atoms with E-state index in [1.165, 1.54) is 6.42 Å². The second-order valence-electron chi connectivity index (χ2n) is 3.86. The zero-order valence-corrected chi connectivity index (χ0v) is 9.59. The van der Waals surface area contributed by atoms with Gasteiger partial charge >= 0.3 is 0 Å². The van der Waals surface area contributed by atoms with Crippen LogP contribution in [0, 0.1) is 0 Å². The average molecular weight is 203 g/mol. The van der Waals surface area contributed by atoms with Crippen LogP contribution in [0.4, 0.5) is 0 Å². The Morgan fingerprint density at radius 1 is 1.07 bits per heavy atom. The maximum atomic E-state index is 8.53. The van der Waals surface area contributed by atoms with Gasteiger partial charge in [0.1, 0.15) is 0 Å². The van der Waals surface area contributed by atoms with Crippen LogP contribution in [0.5, 0.6) is 0 Å². The van der Waals surface area contributed by atoms with Gasteiger partial charge in [-0.05, 0) is 32.2 Å². The highest BCUT2D eigenvalue weighted by atomic mass is 16.5. The van der Waals surface area contributed by atoms with Crippen LogP contribution in [0.2, 0.25) is 0 Å². The van der Waals surface area contributed by atoms with Crippen molar-refractivity contribution in [1.82, 2.24) is 5.32 Å². The summed E-state index contributed by atoms with van der Waals surface area (Å²) in [7, 11) is 0. The van der Waals surface area contributed by atoms with E-state index in [2.05, 4.69) is 19.2 Å². The molecular weight excluding hydrogens is 178 g/mol. The van der Waals surface area contributed by atoms with E-state index in [1.54, 1.807) is 0 Å². The Hall–Kier alpha value is -0.120. The maximum Gasteiger partial charge on any atom is 0.0466 e. The number of aliphatic hydroxyl groups excluding tert-OH is 1. The lowest BCUT2D eigenvalue weighted by atomic mass is 10.3. The summed E-state index contributed by atoms with van der Waals surface area (Å²) < 4.78 is 5.40. The van der Waals surface area contributed by atoms with E-state index in [-0.39, 0.29) is 6.61 Å². The lowest BCUT2D eigenvalue weighted by molar-refractivity contribution is 0.121. The number of hydrogen-bond donors (Lipinski definition) is 2. The fraction of sp³-hybridized carbons (Fsp3) is 1.00. The van der Waals surface area contributed by atoms with Crippen molar-refractivity contribution in [1.29, 1.82) is 0 Å². The van der Waals surface area contributed by atoms with E-state index in [1.807, 2.05) is 0 Å². The van der Waals surface area contributed by atoms with E-state index in [0.29, 0.717) is 6.04 Å². The van der Waals surface area contributed by atoms with Gasteiger partial charge in [-0.15, -0.1) is 0 Å². The molecule has 0 aromatic rings. The molecule has 0 aromatic carbocycles. The molecule has 14 heavy (non-hydrogen) atoms. The third-order valence-corrected chi connectivity index (χ3v) is 1.96. The van der Waals surface area contributed by atoms with Crippen molar-refractivity contribution in [2.24, 2.45) is 0 Å². The quantitative estimate of drug-likeness (QED) is 0.529. The minimum absolute atomic E-state index is 0.279. The predicted molar refractivity (Wildman–Crippen MR) is 59.5 cm³/mol. The van der Waals surface area contributed by atoms with Crippen LogP contribution in [-0.2, 0) is 4.74 Å². The zero-order valence-electron chi connectivity index (χ0n) is 9.59. The Morgan fingerprint density at radius 3 is 2.29 bits per heavy atom. The minimum atomic E-state index is 0.279. The Balaban J connectivity index is 2.85. The summed E-state index contributed by atoms with van der Waals surface area (Å²) >= 11 is 0. The van der Waals surface area contributed by atoms with Gasteiger partial charge in [0, 0.05) is 25.9 Å². The van der Waals surface area contributed by atoms with Crippen LogP contribution in [0.25, 0.3) is 0 Å². The minimum Gasteiger partial charge on any atom is -0.396 e. The van der Waals surface area contributed by atoms with Crippen molar-refractivity contribution in [2.75, 3.05) is 26.4 Å². The normalized spacial score (nSPS) is 11.1. The average Bonchev–Trinajstić information content (AvgIpc) is 2.15. The first-order valence-electron chi connectivity index (χ1n) is 5.69. The molecule has 0 aliphatic heterocycles. The van der Waals surface area contributed by atoms with Crippen molar-refractivity contribution in [3.05, 3.63) is 0 Å². The largest absolute Gasteiger partial charge is 0.396 e. The van der Waals surface area contributed by atoms with E-state index in [9.17, 15) is 0 Å². The van der Waals surface area contributed by atoms with Crippen LogP contribution < -0.4 is 5.32 Å². The zero-order chi connectivity index (χ0) is 10.6. The molecule has 0 aliphatic carbocycles. The third kappa shape index (κ3) is 11.9. The first-order chi connectivity index (χ1) is 6.77. The lowest BCUT2D eigenvalue weighted by Gasteiger charge is -2.07. The topological polar surface area (TPSA) is 41.5 Å². The molecule has 3 nitrogen and oxygen atoms in total. The number of hydrogen-bond acceptors (Lipinski definition) is 3. The summed E-state index contributed by atoms with van der Waals surface area (Å²) in [4.78, 5) is 0. The van der Waals surface area contributed by atoms with Crippen LogP contribution in [0.15, 0.2) is 0 Å². The van der Waals surface area contributed by atoms with Gasteiger partial charge in [-0.3, -0.25) is 0 Å². The number of ether oxygens (including phenoxy) is 1. The monoisotopic (exact) mass is 203 g/mol. The summed E-state index contributed by atoms with van der Waals surface area (Å²) in [5.74, 6) is 0. The van der Waals surface area contributed by atoms with Crippen LogP contribution in [0.1, 0.15) is 39.5 Å². The van der Waals surface area contributed by atoms with Gasteiger partial charge in [0.25, 0.3) is 0 Å². The number of nitrogens with one attached hydrogen (secondary N) is 1. The first kappa shape index (κ1) is 13.9. The predicted octanol–water partition coefficient (Wildman–Crippen LogP) is 1.55. The van der Waals surface area contributed by atoms with Gasteiger partial charge in [-0.2, -0.15) is 0 Å². The maximum absolute atomic E-state index is 8.53. The van der Waals surface area contributed by atoms with Crippen molar-refractivity contribution in [3.8, 4) is 0 Å². The molecule has 0 spiro atoms. The van der Waals surface area contributed by atoms with Gasteiger partial charge in [-0.25, -0.2) is 0 Å².